The third kappa shape index (κ3) is 1.40. The number of fused-ring (bicyclic) bond motifs is 1. The fourth-order valence-electron chi connectivity index (χ4n) is 2.61. The molecule has 92 valence electrons. The zero-order chi connectivity index (χ0) is 12.9. The van der Waals surface area contributed by atoms with E-state index in [1.165, 1.54) is 16.7 Å². The summed E-state index contributed by atoms with van der Waals surface area (Å²) in [5, 5.41) is 0. The third-order valence-corrected chi connectivity index (χ3v) is 3.79. The maximum Gasteiger partial charge on any atom is 0.212 e. The first kappa shape index (κ1) is 11.1. The van der Waals surface area contributed by atoms with Crippen LogP contribution < -0.4 is 5.73 Å². The number of rotatable bonds is 2. The number of aryl methyl sites for hydroxylation is 1. The Bertz CT molecular complexity index is 599. The SMILES string of the molecule is C=C1C(=O)C(N2Cc3ccc(CC)cc3C2)=C1N. The van der Waals surface area contributed by atoms with E-state index in [1.54, 1.807) is 0 Å². The molecular weight excluding hydrogens is 224 g/mol. The molecular formula is C15H16N2O. The number of hydrogen-bond acceptors (Lipinski definition) is 3. The molecule has 1 heterocycles. The average molecular weight is 240 g/mol. The molecule has 1 aliphatic carbocycles. The van der Waals surface area contributed by atoms with E-state index in [2.05, 4.69) is 36.6 Å². The van der Waals surface area contributed by atoms with Crippen molar-refractivity contribution in [3.05, 3.63) is 58.4 Å². The minimum atomic E-state index is -0.00368. The highest BCUT2D eigenvalue weighted by Gasteiger charge is 2.36. The fraction of sp³-hybridized carbons (Fsp3) is 0.267. The summed E-state index contributed by atoms with van der Waals surface area (Å²) in [5.41, 5.74) is 11.4. The van der Waals surface area contributed by atoms with Gasteiger partial charge in [-0.3, -0.25) is 4.79 Å². The molecule has 0 saturated heterocycles. The molecule has 0 bridgehead atoms. The average Bonchev–Trinajstić information content (AvgIpc) is 2.80. The molecule has 0 radical (unpaired) electrons. The van der Waals surface area contributed by atoms with E-state index in [9.17, 15) is 4.79 Å². The summed E-state index contributed by atoms with van der Waals surface area (Å²) in [6.07, 6.45) is 1.04. The van der Waals surface area contributed by atoms with Crippen LogP contribution in [-0.2, 0) is 24.3 Å². The Morgan fingerprint density at radius 1 is 1.33 bits per heavy atom. The van der Waals surface area contributed by atoms with Gasteiger partial charge in [-0.15, -0.1) is 0 Å². The van der Waals surface area contributed by atoms with Gasteiger partial charge in [0.2, 0.25) is 5.78 Å². The molecule has 1 aromatic carbocycles. The number of benzene rings is 1. The van der Waals surface area contributed by atoms with E-state index in [0.717, 1.165) is 19.5 Å². The molecule has 2 aliphatic rings. The Morgan fingerprint density at radius 2 is 2.06 bits per heavy atom. The molecule has 1 aliphatic heterocycles. The Labute approximate surface area is 107 Å². The van der Waals surface area contributed by atoms with Gasteiger partial charge in [-0.2, -0.15) is 0 Å². The van der Waals surface area contributed by atoms with Crippen molar-refractivity contribution in [3.8, 4) is 0 Å². The van der Waals surface area contributed by atoms with Gasteiger partial charge in [0, 0.05) is 18.7 Å². The lowest BCUT2D eigenvalue weighted by molar-refractivity contribution is -0.115. The van der Waals surface area contributed by atoms with E-state index in [4.69, 9.17) is 5.73 Å². The maximum absolute atomic E-state index is 11.8. The topological polar surface area (TPSA) is 46.3 Å². The largest absolute Gasteiger partial charge is 0.396 e. The molecule has 0 aromatic heterocycles. The van der Waals surface area contributed by atoms with Gasteiger partial charge in [-0.25, -0.2) is 0 Å². The Morgan fingerprint density at radius 3 is 2.72 bits per heavy atom. The molecule has 0 amide bonds. The molecule has 2 N–H and O–H groups in total. The molecule has 18 heavy (non-hydrogen) atoms. The molecule has 3 heteroatoms. The normalized spacial score (nSPS) is 18.2. The third-order valence-electron chi connectivity index (χ3n) is 3.79. The van der Waals surface area contributed by atoms with Crippen molar-refractivity contribution in [1.29, 1.82) is 0 Å². The minimum Gasteiger partial charge on any atom is -0.396 e. The number of Topliss-reactive ketones (excluding diaryl/α,β-unsaturated/α-hetero) is 1. The highest BCUT2D eigenvalue weighted by molar-refractivity contribution is 6.18. The van der Waals surface area contributed by atoms with Crippen LogP contribution in [0, 0.1) is 0 Å². The van der Waals surface area contributed by atoms with Gasteiger partial charge in [-0.1, -0.05) is 31.7 Å². The molecule has 3 rings (SSSR count). The van der Waals surface area contributed by atoms with Crippen LogP contribution in [0.25, 0.3) is 0 Å². The second-order valence-electron chi connectivity index (χ2n) is 4.88. The van der Waals surface area contributed by atoms with Crippen LogP contribution in [0.1, 0.15) is 23.6 Å². The van der Waals surface area contributed by atoms with Crippen molar-refractivity contribution in [2.75, 3.05) is 0 Å². The number of nitrogens with two attached hydrogens (primary N) is 1. The van der Waals surface area contributed by atoms with E-state index in [-0.39, 0.29) is 5.78 Å². The molecule has 0 atom stereocenters. The summed E-state index contributed by atoms with van der Waals surface area (Å²) >= 11 is 0. The van der Waals surface area contributed by atoms with Crippen LogP contribution in [0.5, 0.6) is 0 Å². The maximum atomic E-state index is 11.8. The lowest BCUT2D eigenvalue weighted by Gasteiger charge is -2.29. The summed E-state index contributed by atoms with van der Waals surface area (Å²) in [6, 6.07) is 6.54. The van der Waals surface area contributed by atoms with Gasteiger partial charge in [0.05, 0.1) is 5.70 Å². The first-order valence-corrected chi connectivity index (χ1v) is 6.21. The van der Waals surface area contributed by atoms with E-state index < -0.39 is 0 Å². The second kappa shape index (κ2) is 3.73. The van der Waals surface area contributed by atoms with Gasteiger partial charge in [0.1, 0.15) is 5.70 Å². The predicted octanol–water partition coefficient (Wildman–Crippen LogP) is 1.87. The summed E-state index contributed by atoms with van der Waals surface area (Å²) in [5.74, 6) is -0.00368. The van der Waals surface area contributed by atoms with Crippen LogP contribution in [0.2, 0.25) is 0 Å². The van der Waals surface area contributed by atoms with Crippen LogP contribution in [0.15, 0.2) is 41.7 Å². The van der Waals surface area contributed by atoms with Gasteiger partial charge in [-0.05, 0) is 23.1 Å². The Hall–Kier alpha value is -2.03. The lowest BCUT2D eigenvalue weighted by Crippen LogP contribution is -2.36. The van der Waals surface area contributed by atoms with Crippen molar-refractivity contribution in [1.82, 2.24) is 4.90 Å². The van der Waals surface area contributed by atoms with E-state index in [1.807, 2.05) is 0 Å². The van der Waals surface area contributed by atoms with Crippen molar-refractivity contribution in [3.63, 3.8) is 0 Å². The number of ketones is 1. The van der Waals surface area contributed by atoms with Gasteiger partial charge in [0.25, 0.3) is 0 Å². The standard InChI is InChI=1S/C15H16N2O/c1-3-10-4-5-11-7-17(8-12(11)6-10)14-13(16)9(2)15(14)18/h4-6H,2-3,7-8,16H2,1H3. The number of allylic oxidation sites excluding steroid dienone is 2. The molecule has 0 fully saturated rings. The quantitative estimate of drug-likeness (QED) is 0.803. The minimum absolute atomic E-state index is 0.00368. The van der Waals surface area contributed by atoms with Gasteiger partial charge >= 0.3 is 0 Å². The zero-order valence-corrected chi connectivity index (χ0v) is 10.5. The van der Waals surface area contributed by atoms with Crippen molar-refractivity contribution >= 4 is 5.78 Å². The molecule has 3 nitrogen and oxygen atoms in total. The Kier molecular flexibility index (Phi) is 2.30. The van der Waals surface area contributed by atoms with E-state index >= 15 is 0 Å². The van der Waals surface area contributed by atoms with Crippen LogP contribution in [0.3, 0.4) is 0 Å². The Balaban J connectivity index is 1.90. The highest BCUT2D eigenvalue weighted by atomic mass is 16.1. The predicted molar refractivity (Wildman–Crippen MR) is 70.4 cm³/mol. The van der Waals surface area contributed by atoms with Gasteiger partial charge in [0.15, 0.2) is 0 Å². The monoisotopic (exact) mass is 240 g/mol. The first-order valence-electron chi connectivity index (χ1n) is 6.21. The first-order chi connectivity index (χ1) is 8.61. The number of hydrogen-bond donors (Lipinski definition) is 1. The number of carbonyl (C=O) groups is 1. The van der Waals surface area contributed by atoms with Gasteiger partial charge < -0.3 is 10.6 Å². The summed E-state index contributed by atoms with van der Waals surface area (Å²) in [4.78, 5) is 13.8. The summed E-state index contributed by atoms with van der Waals surface area (Å²) in [6.45, 7) is 7.36. The van der Waals surface area contributed by atoms with Crippen LogP contribution >= 0.6 is 0 Å². The molecule has 0 spiro atoms. The van der Waals surface area contributed by atoms with Crippen molar-refractivity contribution < 1.29 is 4.79 Å². The van der Waals surface area contributed by atoms with Crippen LogP contribution in [0.4, 0.5) is 0 Å². The summed E-state index contributed by atoms with van der Waals surface area (Å²) < 4.78 is 0. The fourth-order valence-corrected chi connectivity index (χ4v) is 2.61. The summed E-state index contributed by atoms with van der Waals surface area (Å²) in [7, 11) is 0. The zero-order valence-electron chi connectivity index (χ0n) is 10.5. The highest BCUT2D eigenvalue weighted by Crippen LogP contribution is 2.34. The van der Waals surface area contributed by atoms with E-state index in [0.29, 0.717) is 17.0 Å². The second-order valence-corrected chi connectivity index (χ2v) is 4.88. The molecule has 0 saturated carbocycles. The van der Waals surface area contributed by atoms with Crippen LogP contribution in [-0.4, -0.2) is 10.7 Å². The van der Waals surface area contributed by atoms with Crippen molar-refractivity contribution in [2.24, 2.45) is 5.73 Å². The lowest BCUT2D eigenvalue weighted by atomic mass is 9.93. The van der Waals surface area contributed by atoms with Crippen molar-refractivity contribution in [2.45, 2.75) is 26.4 Å². The molecule has 1 aromatic rings. The number of carbonyl (C=O) groups excluding carboxylic acids is 1. The number of nitrogens with zero attached hydrogens (tertiary/aromatic N) is 1. The smallest absolute Gasteiger partial charge is 0.212 e. The molecule has 0 unspecified atom stereocenters.